The van der Waals surface area contributed by atoms with E-state index in [-0.39, 0.29) is 28.7 Å². The minimum absolute atomic E-state index is 0.0168. The van der Waals surface area contributed by atoms with Crippen LogP contribution in [0.4, 0.5) is 0 Å². The van der Waals surface area contributed by atoms with Crippen LogP contribution in [-0.4, -0.2) is 50.5 Å². The summed E-state index contributed by atoms with van der Waals surface area (Å²) in [4.78, 5) is 0. The standard InChI is InChI=1S/C45H34BrNO9/c1-2-7-30-37(48)39(50)35(40(51)38(30)49)24-15-19-33(31(20-24)36-41(52)43(54)45(56)44(55)42(36)53)47-32-11-6-5-10-28(32)29-18-14-23(21-34(29)47)27-9-4-3-8-26(27)22-12-16-25(46)17-13-22/h3-6,8-21,48-56H,2,7H2,1H3. The first kappa shape index (κ1) is 36.0. The average Bonchev–Trinajstić information content (AvgIpc) is 3.54. The highest BCUT2D eigenvalue weighted by Gasteiger charge is 2.30. The van der Waals surface area contributed by atoms with Crippen LogP contribution in [0, 0.1) is 0 Å². The monoisotopic (exact) mass is 811 g/mol. The van der Waals surface area contributed by atoms with Gasteiger partial charge >= 0.3 is 0 Å². The second-order valence-corrected chi connectivity index (χ2v) is 14.4. The van der Waals surface area contributed by atoms with Gasteiger partial charge < -0.3 is 50.5 Å². The number of nitrogens with zero attached hydrogens (tertiary/aromatic N) is 1. The Labute approximate surface area is 328 Å². The van der Waals surface area contributed by atoms with Crippen LogP contribution in [-0.2, 0) is 6.42 Å². The molecule has 10 nitrogen and oxygen atoms in total. The molecule has 0 bridgehead atoms. The zero-order chi connectivity index (χ0) is 39.6. The number of halogens is 1. The lowest BCUT2D eigenvalue weighted by Gasteiger charge is -2.20. The number of hydrogen-bond donors (Lipinski definition) is 9. The van der Waals surface area contributed by atoms with Crippen molar-refractivity contribution in [2.24, 2.45) is 0 Å². The van der Waals surface area contributed by atoms with Crippen LogP contribution in [0.2, 0.25) is 0 Å². The number of fused-ring (bicyclic) bond motifs is 3. The van der Waals surface area contributed by atoms with Crippen molar-refractivity contribution in [1.29, 1.82) is 0 Å². The largest absolute Gasteiger partial charge is 0.504 e. The predicted octanol–water partition coefficient (Wildman–Crippen LogP) is 10.5. The molecule has 0 fully saturated rings. The van der Waals surface area contributed by atoms with Crippen molar-refractivity contribution in [3.05, 3.63) is 119 Å². The number of para-hydroxylation sites is 1. The van der Waals surface area contributed by atoms with Crippen LogP contribution in [0.5, 0.6) is 51.7 Å². The highest BCUT2D eigenvalue weighted by molar-refractivity contribution is 9.10. The molecule has 1 heterocycles. The van der Waals surface area contributed by atoms with E-state index in [0.29, 0.717) is 23.1 Å². The molecule has 9 N–H and O–H groups in total. The summed E-state index contributed by atoms with van der Waals surface area (Å²) in [6, 6.07) is 34.1. The van der Waals surface area contributed by atoms with E-state index in [1.165, 1.54) is 12.1 Å². The van der Waals surface area contributed by atoms with E-state index in [2.05, 4.69) is 15.9 Å². The third-order valence-electron chi connectivity index (χ3n) is 10.2. The van der Waals surface area contributed by atoms with Gasteiger partial charge in [-0.05, 0) is 70.6 Å². The van der Waals surface area contributed by atoms with Gasteiger partial charge in [-0.1, -0.05) is 102 Å². The molecule has 7 aromatic carbocycles. The summed E-state index contributed by atoms with van der Waals surface area (Å²) in [5.74, 6) is -8.02. The molecule has 0 saturated carbocycles. The molecule has 0 atom stereocenters. The van der Waals surface area contributed by atoms with Crippen LogP contribution in [0.1, 0.15) is 18.9 Å². The molecular weight excluding hydrogens is 778 g/mol. The minimum atomic E-state index is -1.15. The third-order valence-corrected chi connectivity index (χ3v) is 10.8. The number of phenolic OH excluding ortho intramolecular Hbond substituents is 9. The van der Waals surface area contributed by atoms with Crippen LogP contribution in [0.3, 0.4) is 0 Å². The van der Waals surface area contributed by atoms with Gasteiger partial charge in [-0.25, -0.2) is 0 Å². The summed E-state index contributed by atoms with van der Waals surface area (Å²) in [6.45, 7) is 1.80. The highest BCUT2D eigenvalue weighted by atomic mass is 79.9. The lowest BCUT2D eigenvalue weighted by molar-refractivity contribution is 0.330. The average molecular weight is 813 g/mol. The van der Waals surface area contributed by atoms with Crippen molar-refractivity contribution >= 4 is 37.7 Å². The SMILES string of the molecule is CCCc1c(O)c(O)c(-c2ccc(-n3c4ccccc4c4ccc(-c5ccccc5-c5ccc(Br)cc5)cc43)c(-c3c(O)c(O)c(O)c(O)c3O)c2)c(O)c1O. The quantitative estimate of drug-likeness (QED) is 0.0558. The van der Waals surface area contributed by atoms with Crippen LogP contribution in [0.15, 0.2) is 114 Å². The number of aromatic hydroxyl groups is 9. The lowest BCUT2D eigenvalue weighted by Crippen LogP contribution is -1.99. The molecule has 8 rings (SSSR count). The fourth-order valence-corrected chi connectivity index (χ4v) is 7.81. The first-order chi connectivity index (χ1) is 26.9. The second kappa shape index (κ2) is 13.7. The Kier molecular flexibility index (Phi) is 8.81. The summed E-state index contributed by atoms with van der Waals surface area (Å²) >= 11 is 3.52. The van der Waals surface area contributed by atoms with Gasteiger partial charge in [0, 0.05) is 26.4 Å². The van der Waals surface area contributed by atoms with E-state index in [4.69, 9.17) is 0 Å². The first-order valence-electron chi connectivity index (χ1n) is 17.6. The van der Waals surface area contributed by atoms with E-state index in [9.17, 15) is 46.0 Å². The third kappa shape index (κ3) is 5.54. The lowest BCUT2D eigenvalue weighted by atomic mass is 9.92. The summed E-state index contributed by atoms with van der Waals surface area (Å²) in [6.07, 6.45) is 0.640. The Morgan fingerprint density at radius 3 is 1.61 bits per heavy atom. The fourth-order valence-electron chi connectivity index (χ4n) is 7.55. The molecule has 0 saturated heterocycles. The molecular formula is C45H34BrNO9. The Morgan fingerprint density at radius 1 is 0.446 bits per heavy atom. The van der Waals surface area contributed by atoms with Crippen LogP contribution >= 0.6 is 15.9 Å². The summed E-state index contributed by atoms with van der Waals surface area (Å²) in [7, 11) is 0. The van der Waals surface area contributed by atoms with Crippen molar-refractivity contribution in [3.63, 3.8) is 0 Å². The maximum atomic E-state index is 11.3. The molecule has 0 aliphatic heterocycles. The second-order valence-electron chi connectivity index (χ2n) is 13.5. The van der Waals surface area contributed by atoms with Crippen molar-refractivity contribution in [3.8, 4) is 102 Å². The zero-order valence-electron chi connectivity index (χ0n) is 29.7. The molecule has 1 aromatic heterocycles. The number of hydrogen-bond acceptors (Lipinski definition) is 9. The van der Waals surface area contributed by atoms with Gasteiger partial charge in [0.1, 0.15) is 0 Å². The molecule has 0 aliphatic carbocycles. The number of phenols is 9. The summed E-state index contributed by atoms with van der Waals surface area (Å²) in [5, 5.41) is 100. The van der Waals surface area contributed by atoms with Crippen LogP contribution < -0.4 is 0 Å². The van der Waals surface area contributed by atoms with E-state index < -0.39 is 57.3 Å². The van der Waals surface area contributed by atoms with Gasteiger partial charge in [0.05, 0.1) is 27.8 Å². The number of rotatable bonds is 7. The van der Waals surface area contributed by atoms with Gasteiger partial charge in [-0.3, -0.25) is 0 Å². The molecule has 0 unspecified atom stereocenters. The molecule has 280 valence electrons. The van der Waals surface area contributed by atoms with E-state index in [1.807, 2.05) is 95.6 Å². The van der Waals surface area contributed by atoms with Crippen molar-refractivity contribution in [1.82, 2.24) is 4.57 Å². The van der Waals surface area contributed by atoms with E-state index in [1.54, 1.807) is 13.0 Å². The zero-order valence-corrected chi connectivity index (χ0v) is 31.2. The first-order valence-corrected chi connectivity index (χ1v) is 18.4. The van der Waals surface area contributed by atoms with Gasteiger partial charge in [0.2, 0.25) is 17.2 Å². The molecule has 0 spiro atoms. The summed E-state index contributed by atoms with van der Waals surface area (Å²) < 4.78 is 2.82. The molecule has 11 heteroatoms. The Hall–Kier alpha value is -6.98. The summed E-state index contributed by atoms with van der Waals surface area (Å²) in [5.41, 5.74) is 4.59. The van der Waals surface area contributed by atoms with E-state index in [0.717, 1.165) is 37.5 Å². The Morgan fingerprint density at radius 2 is 0.964 bits per heavy atom. The molecule has 0 amide bonds. The van der Waals surface area contributed by atoms with Crippen molar-refractivity contribution in [2.45, 2.75) is 19.8 Å². The maximum absolute atomic E-state index is 11.3. The molecule has 0 radical (unpaired) electrons. The van der Waals surface area contributed by atoms with Crippen molar-refractivity contribution in [2.75, 3.05) is 0 Å². The Balaban J connectivity index is 1.46. The van der Waals surface area contributed by atoms with Gasteiger partial charge in [-0.2, -0.15) is 0 Å². The maximum Gasteiger partial charge on any atom is 0.208 e. The van der Waals surface area contributed by atoms with Crippen LogP contribution in [0.25, 0.3) is 72.0 Å². The van der Waals surface area contributed by atoms with Gasteiger partial charge in [0.25, 0.3) is 0 Å². The van der Waals surface area contributed by atoms with Gasteiger partial charge in [0.15, 0.2) is 34.5 Å². The normalized spacial score (nSPS) is 11.5. The topological polar surface area (TPSA) is 187 Å². The fraction of sp³-hybridized carbons (Fsp3) is 0.0667. The predicted molar refractivity (Wildman–Crippen MR) is 219 cm³/mol. The molecule has 56 heavy (non-hydrogen) atoms. The molecule has 8 aromatic rings. The van der Waals surface area contributed by atoms with Crippen molar-refractivity contribution < 1.29 is 46.0 Å². The minimum Gasteiger partial charge on any atom is -0.504 e. The highest BCUT2D eigenvalue weighted by Crippen LogP contribution is 2.58. The number of benzene rings is 7. The van der Waals surface area contributed by atoms with E-state index >= 15 is 0 Å². The smallest absolute Gasteiger partial charge is 0.208 e. The van der Waals surface area contributed by atoms with Gasteiger partial charge in [-0.15, -0.1) is 0 Å². The Bertz CT molecular complexity index is 2820. The molecule has 0 aliphatic rings. The number of aromatic nitrogens is 1.